The van der Waals surface area contributed by atoms with E-state index in [9.17, 15) is 0 Å². The normalized spacial score (nSPS) is 28.9. The Morgan fingerprint density at radius 2 is 2.32 bits per heavy atom. The quantitative estimate of drug-likeness (QED) is 0.596. The van der Waals surface area contributed by atoms with Crippen molar-refractivity contribution < 1.29 is 0 Å². The maximum absolute atomic E-state index is 3.79. The van der Waals surface area contributed by atoms with Gasteiger partial charge in [-0.05, 0) is 49.7 Å². The summed E-state index contributed by atoms with van der Waals surface area (Å²) in [6.07, 6.45) is 15.1. The first-order valence-corrected chi connectivity index (χ1v) is 7.61. The lowest BCUT2D eigenvalue weighted by Gasteiger charge is -2.38. The van der Waals surface area contributed by atoms with Crippen LogP contribution in [0.3, 0.4) is 0 Å². The summed E-state index contributed by atoms with van der Waals surface area (Å²) in [7, 11) is 0. The van der Waals surface area contributed by atoms with Crippen molar-refractivity contribution in [2.75, 3.05) is 13.1 Å². The molecule has 0 radical (unpaired) electrons. The fourth-order valence-electron chi connectivity index (χ4n) is 3.60. The topological polar surface area (TPSA) is 24.1 Å². The van der Waals surface area contributed by atoms with Crippen molar-refractivity contribution in [1.29, 1.82) is 0 Å². The van der Waals surface area contributed by atoms with Crippen molar-refractivity contribution in [3.63, 3.8) is 0 Å². The minimum absolute atomic E-state index is 0.590. The van der Waals surface area contributed by atoms with E-state index in [2.05, 4.69) is 35.4 Å². The molecule has 2 aliphatic carbocycles. The summed E-state index contributed by atoms with van der Waals surface area (Å²) in [5.74, 6) is 1.38. The van der Waals surface area contributed by atoms with E-state index >= 15 is 0 Å². The highest BCUT2D eigenvalue weighted by molar-refractivity contribution is 5.42. The van der Waals surface area contributed by atoms with Crippen LogP contribution in [0.15, 0.2) is 47.9 Å². The predicted molar refractivity (Wildman–Crippen MR) is 80.5 cm³/mol. The van der Waals surface area contributed by atoms with Gasteiger partial charge in [-0.15, -0.1) is 6.58 Å². The average molecular weight is 256 g/mol. The van der Waals surface area contributed by atoms with Gasteiger partial charge in [-0.2, -0.15) is 0 Å². The predicted octanol–water partition coefficient (Wildman–Crippen LogP) is 3.27. The van der Waals surface area contributed by atoms with Crippen LogP contribution in [-0.2, 0) is 0 Å². The van der Waals surface area contributed by atoms with Crippen LogP contribution >= 0.6 is 0 Å². The zero-order valence-electron chi connectivity index (χ0n) is 11.6. The average Bonchev–Trinajstić information content (AvgIpc) is 2.47. The van der Waals surface area contributed by atoms with Crippen LogP contribution < -0.4 is 10.6 Å². The summed E-state index contributed by atoms with van der Waals surface area (Å²) in [6.45, 7) is 5.94. The first kappa shape index (κ1) is 12.6. The molecule has 0 amide bonds. The second kappa shape index (κ2) is 5.68. The molecule has 0 aromatic rings. The van der Waals surface area contributed by atoms with Crippen molar-refractivity contribution >= 4 is 0 Å². The Balaban J connectivity index is 1.79. The van der Waals surface area contributed by atoms with Gasteiger partial charge in [0.05, 0.1) is 0 Å². The molecule has 0 saturated carbocycles. The second-order valence-electron chi connectivity index (χ2n) is 5.75. The molecule has 0 aromatic heterocycles. The van der Waals surface area contributed by atoms with Crippen molar-refractivity contribution in [2.45, 2.75) is 32.1 Å². The standard InChI is InChI=1S/C17H24N2/c1-2-3-11-18-16-8-4-7-15-14(16)10-9-13-6-5-12-19-17(13)15/h2,4,7-8,13-14,18-19H,1,3,5-6,9-12H2. The molecule has 2 atom stereocenters. The largest absolute Gasteiger partial charge is 0.388 e. The van der Waals surface area contributed by atoms with Crippen LogP contribution in [0.4, 0.5) is 0 Å². The SMILES string of the molecule is C=CCCNC1=CC=CC2=C3NCCCC3CCC12. The fourth-order valence-corrected chi connectivity index (χ4v) is 3.60. The van der Waals surface area contributed by atoms with Gasteiger partial charge in [-0.1, -0.05) is 18.2 Å². The van der Waals surface area contributed by atoms with Crippen LogP contribution in [0.1, 0.15) is 32.1 Å². The number of nitrogens with one attached hydrogen (secondary N) is 2. The van der Waals surface area contributed by atoms with Gasteiger partial charge in [0.1, 0.15) is 0 Å². The molecule has 1 fully saturated rings. The highest BCUT2D eigenvalue weighted by Crippen LogP contribution is 2.41. The van der Waals surface area contributed by atoms with Gasteiger partial charge in [0.15, 0.2) is 0 Å². The number of fused-ring (bicyclic) bond motifs is 2. The third kappa shape index (κ3) is 2.49. The summed E-state index contributed by atoms with van der Waals surface area (Å²) in [4.78, 5) is 0. The molecule has 19 heavy (non-hydrogen) atoms. The maximum Gasteiger partial charge on any atom is 0.0255 e. The first-order chi connectivity index (χ1) is 9.40. The highest BCUT2D eigenvalue weighted by atomic mass is 14.9. The van der Waals surface area contributed by atoms with Crippen LogP contribution in [0, 0.1) is 11.8 Å². The molecule has 0 spiro atoms. The molecule has 2 unspecified atom stereocenters. The lowest BCUT2D eigenvalue weighted by atomic mass is 9.74. The molecule has 1 aliphatic heterocycles. The number of hydrogen-bond acceptors (Lipinski definition) is 2. The minimum Gasteiger partial charge on any atom is -0.388 e. The monoisotopic (exact) mass is 256 g/mol. The smallest absolute Gasteiger partial charge is 0.0255 e. The lowest BCUT2D eigenvalue weighted by Crippen LogP contribution is -2.36. The Morgan fingerprint density at radius 1 is 1.37 bits per heavy atom. The maximum atomic E-state index is 3.79. The molecular weight excluding hydrogens is 232 g/mol. The molecular formula is C17H24N2. The number of hydrogen-bond donors (Lipinski definition) is 2. The molecule has 0 bridgehead atoms. The second-order valence-corrected chi connectivity index (χ2v) is 5.75. The Bertz CT molecular complexity index is 442. The van der Waals surface area contributed by atoms with E-state index in [-0.39, 0.29) is 0 Å². The summed E-state index contributed by atoms with van der Waals surface area (Å²) < 4.78 is 0. The van der Waals surface area contributed by atoms with E-state index in [1.165, 1.54) is 37.1 Å². The van der Waals surface area contributed by atoms with E-state index in [0.717, 1.165) is 25.4 Å². The van der Waals surface area contributed by atoms with Gasteiger partial charge < -0.3 is 10.6 Å². The van der Waals surface area contributed by atoms with Gasteiger partial charge in [0, 0.05) is 30.4 Å². The number of rotatable bonds is 4. The van der Waals surface area contributed by atoms with Crippen molar-refractivity contribution in [3.8, 4) is 0 Å². The Hall–Kier alpha value is -1.44. The molecule has 2 nitrogen and oxygen atoms in total. The molecule has 2 heteroatoms. The van der Waals surface area contributed by atoms with Crippen LogP contribution in [-0.4, -0.2) is 13.1 Å². The minimum atomic E-state index is 0.590. The van der Waals surface area contributed by atoms with E-state index < -0.39 is 0 Å². The molecule has 102 valence electrons. The summed E-state index contributed by atoms with van der Waals surface area (Å²) in [5, 5.41) is 7.26. The molecule has 2 N–H and O–H groups in total. The third-order valence-corrected chi connectivity index (χ3v) is 4.55. The fraction of sp³-hybridized carbons (Fsp3) is 0.529. The van der Waals surface area contributed by atoms with Crippen molar-refractivity contribution in [3.05, 3.63) is 47.9 Å². The molecule has 1 saturated heterocycles. The summed E-state index contributed by atoms with van der Waals surface area (Å²) in [6, 6.07) is 0. The third-order valence-electron chi connectivity index (χ3n) is 4.55. The van der Waals surface area contributed by atoms with Crippen molar-refractivity contribution in [1.82, 2.24) is 10.6 Å². The van der Waals surface area contributed by atoms with Crippen molar-refractivity contribution in [2.24, 2.45) is 11.8 Å². The zero-order chi connectivity index (χ0) is 13.1. The van der Waals surface area contributed by atoms with E-state index in [1.54, 1.807) is 5.57 Å². The highest BCUT2D eigenvalue weighted by Gasteiger charge is 2.32. The van der Waals surface area contributed by atoms with Crippen LogP contribution in [0.25, 0.3) is 0 Å². The Labute approximate surface area is 116 Å². The van der Waals surface area contributed by atoms with Gasteiger partial charge >= 0.3 is 0 Å². The zero-order valence-corrected chi connectivity index (χ0v) is 11.6. The number of allylic oxidation sites excluding steroid dienone is 5. The molecule has 3 rings (SSSR count). The molecule has 1 heterocycles. The first-order valence-electron chi connectivity index (χ1n) is 7.61. The Kier molecular flexibility index (Phi) is 3.77. The molecule has 3 aliphatic rings. The summed E-state index contributed by atoms with van der Waals surface area (Å²) >= 11 is 0. The van der Waals surface area contributed by atoms with Gasteiger partial charge in [0.2, 0.25) is 0 Å². The Morgan fingerprint density at radius 3 is 3.21 bits per heavy atom. The molecule has 0 aromatic carbocycles. The van der Waals surface area contributed by atoms with Gasteiger partial charge in [0.25, 0.3) is 0 Å². The van der Waals surface area contributed by atoms with E-state index in [4.69, 9.17) is 0 Å². The number of piperidine rings is 1. The summed E-state index contributed by atoms with van der Waals surface area (Å²) in [5.41, 5.74) is 4.48. The van der Waals surface area contributed by atoms with Crippen LogP contribution in [0.2, 0.25) is 0 Å². The van der Waals surface area contributed by atoms with Gasteiger partial charge in [-0.3, -0.25) is 0 Å². The van der Waals surface area contributed by atoms with E-state index in [1.807, 2.05) is 6.08 Å². The van der Waals surface area contributed by atoms with Gasteiger partial charge in [-0.25, -0.2) is 0 Å². The van der Waals surface area contributed by atoms with E-state index in [0.29, 0.717) is 5.92 Å². The van der Waals surface area contributed by atoms with Crippen LogP contribution in [0.5, 0.6) is 0 Å². The lowest BCUT2D eigenvalue weighted by molar-refractivity contribution is 0.355.